The van der Waals surface area contributed by atoms with Gasteiger partial charge in [0, 0.05) is 18.8 Å². The fourth-order valence-electron chi connectivity index (χ4n) is 3.11. The zero-order chi connectivity index (χ0) is 17.9. The molecule has 2 heterocycles. The van der Waals surface area contributed by atoms with Crippen molar-refractivity contribution in [2.75, 3.05) is 19.0 Å². The van der Waals surface area contributed by atoms with E-state index in [-0.39, 0.29) is 0 Å². The van der Waals surface area contributed by atoms with Crippen molar-refractivity contribution in [3.8, 4) is 5.75 Å². The predicted molar refractivity (Wildman–Crippen MR) is 108 cm³/mol. The van der Waals surface area contributed by atoms with Crippen molar-refractivity contribution < 1.29 is 4.74 Å². The molecule has 0 amide bonds. The second kappa shape index (κ2) is 7.57. The van der Waals surface area contributed by atoms with Crippen LogP contribution in [0.4, 0.5) is 10.8 Å². The summed E-state index contributed by atoms with van der Waals surface area (Å²) in [6, 6.07) is 16.4. The Morgan fingerprint density at radius 1 is 1.15 bits per heavy atom. The Labute approximate surface area is 161 Å². The smallest absolute Gasteiger partial charge is 0.209 e. The molecule has 1 aliphatic heterocycles. The third kappa shape index (κ3) is 3.80. The molecule has 3 aromatic rings. The van der Waals surface area contributed by atoms with E-state index in [1.54, 1.807) is 7.11 Å². The van der Waals surface area contributed by atoms with Gasteiger partial charge in [0.25, 0.3) is 0 Å². The molecule has 0 radical (unpaired) electrons. The van der Waals surface area contributed by atoms with Crippen LogP contribution >= 0.6 is 23.6 Å². The van der Waals surface area contributed by atoms with Crippen LogP contribution in [0.3, 0.4) is 0 Å². The monoisotopic (exact) mass is 384 g/mol. The Hall–Kier alpha value is -2.22. The first kappa shape index (κ1) is 17.2. The van der Waals surface area contributed by atoms with Crippen LogP contribution < -0.4 is 10.1 Å². The van der Waals surface area contributed by atoms with Gasteiger partial charge in [0.05, 0.1) is 13.8 Å². The van der Waals surface area contributed by atoms with Crippen LogP contribution in [0.5, 0.6) is 5.75 Å². The Morgan fingerprint density at radius 3 is 2.69 bits per heavy atom. The minimum atomic E-state index is 0.716. The third-order valence-electron chi connectivity index (χ3n) is 4.49. The van der Waals surface area contributed by atoms with E-state index in [0.29, 0.717) is 6.67 Å². The number of methoxy groups -OCH3 is 1. The van der Waals surface area contributed by atoms with Crippen LogP contribution in [-0.2, 0) is 19.6 Å². The van der Waals surface area contributed by atoms with Gasteiger partial charge in [-0.3, -0.25) is 4.90 Å². The van der Waals surface area contributed by atoms with Gasteiger partial charge in [0.15, 0.2) is 3.95 Å². The largest absolute Gasteiger partial charge is 0.497 e. The lowest BCUT2D eigenvalue weighted by molar-refractivity contribution is 0.189. The molecule has 0 aliphatic carbocycles. The van der Waals surface area contributed by atoms with E-state index in [1.807, 2.05) is 28.9 Å². The minimum Gasteiger partial charge on any atom is -0.497 e. The number of nitrogens with zero attached hydrogens (tertiary/aromatic N) is 3. The topological polar surface area (TPSA) is 42.3 Å². The summed E-state index contributed by atoms with van der Waals surface area (Å²) in [5, 5.41) is 8.76. The minimum absolute atomic E-state index is 0.716. The molecule has 0 spiro atoms. The number of nitrogens with one attached hydrogen (secondary N) is 1. The summed E-state index contributed by atoms with van der Waals surface area (Å²) in [6.45, 7) is 2.68. The van der Waals surface area contributed by atoms with Crippen molar-refractivity contribution >= 4 is 34.4 Å². The summed E-state index contributed by atoms with van der Waals surface area (Å²) in [7, 11) is 1.66. The number of ether oxygens (including phenoxy) is 1. The molecular formula is C19H20N4OS2. The summed E-state index contributed by atoms with van der Waals surface area (Å²) in [5.41, 5.74) is 3.82. The van der Waals surface area contributed by atoms with Crippen molar-refractivity contribution in [3.63, 3.8) is 0 Å². The van der Waals surface area contributed by atoms with E-state index in [2.05, 4.69) is 39.6 Å². The predicted octanol–water partition coefficient (Wildman–Crippen LogP) is 4.44. The standard InChI is InChI=1S/C19H20N4OS2/c1-24-17-8-6-16(7-9-17)20-18-21-23(19(25)26-18)13-22-11-10-14-4-2-3-5-15(14)12-22/h2-9H,10-13H2,1H3,(H,20,21). The van der Waals surface area contributed by atoms with Gasteiger partial charge in [0.1, 0.15) is 5.75 Å². The highest BCUT2D eigenvalue weighted by atomic mass is 32.1. The van der Waals surface area contributed by atoms with Crippen LogP contribution in [0.1, 0.15) is 11.1 Å². The molecule has 1 aromatic heterocycles. The van der Waals surface area contributed by atoms with Crippen molar-refractivity contribution in [2.24, 2.45) is 0 Å². The van der Waals surface area contributed by atoms with E-state index < -0.39 is 0 Å². The molecule has 0 bridgehead atoms. The third-order valence-corrected chi connectivity index (χ3v) is 5.71. The van der Waals surface area contributed by atoms with Crippen molar-refractivity contribution in [1.82, 2.24) is 14.7 Å². The first-order valence-electron chi connectivity index (χ1n) is 8.49. The van der Waals surface area contributed by atoms with Crippen LogP contribution in [-0.4, -0.2) is 28.3 Å². The summed E-state index contributed by atoms with van der Waals surface area (Å²) >= 11 is 7.00. The Bertz CT molecular complexity index is 949. The van der Waals surface area contributed by atoms with Crippen LogP contribution in [0.15, 0.2) is 48.5 Å². The number of fused-ring (bicyclic) bond motifs is 1. The first-order valence-corrected chi connectivity index (χ1v) is 9.72. The molecule has 26 heavy (non-hydrogen) atoms. The number of hydrogen-bond acceptors (Lipinski definition) is 6. The summed E-state index contributed by atoms with van der Waals surface area (Å²) in [4.78, 5) is 2.38. The van der Waals surface area contributed by atoms with Gasteiger partial charge in [-0.25, -0.2) is 4.68 Å². The lowest BCUT2D eigenvalue weighted by Crippen LogP contribution is -2.32. The second-order valence-corrected chi connectivity index (χ2v) is 7.86. The molecule has 0 fully saturated rings. The molecule has 2 aromatic carbocycles. The quantitative estimate of drug-likeness (QED) is 0.659. The zero-order valence-corrected chi connectivity index (χ0v) is 16.1. The Morgan fingerprint density at radius 2 is 1.92 bits per heavy atom. The number of rotatable bonds is 5. The normalized spacial score (nSPS) is 14.0. The lowest BCUT2D eigenvalue weighted by Gasteiger charge is -2.28. The first-order chi connectivity index (χ1) is 12.7. The molecular weight excluding hydrogens is 364 g/mol. The van der Waals surface area contributed by atoms with Gasteiger partial charge in [-0.2, -0.15) is 0 Å². The maximum atomic E-state index is 5.51. The van der Waals surface area contributed by atoms with Gasteiger partial charge in [-0.1, -0.05) is 35.6 Å². The maximum Gasteiger partial charge on any atom is 0.209 e. The SMILES string of the molecule is COc1ccc(Nc2nn(CN3CCc4ccccc4C3)c(=S)s2)cc1. The Balaban J connectivity index is 1.44. The van der Waals surface area contributed by atoms with Gasteiger partial charge in [0.2, 0.25) is 5.13 Å². The van der Waals surface area contributed by atoms with E-state index in [0.717, 1.165) is 40.0 Å². The molecule has 0 atom stereocenters. The van der Waals surface area contributed by atoms with Gasteiger partial charge in [-0.05, 0) is 54.0 Å². The van der Waals surface area contributed by atoms with Crippen LogP contribution in [0, 0.1) is 3.95 Å². The summed E-state index contributed by atoms with van der Waals surface area (Å²) < 4.78 is 7.87. The van der Waals surface area contributed by atoms with E-state index in [1.165, 1.54) is 22.5 Å². The zero-order valence-electron chi connectivity index (χ0n) is 14.5. The second-order valence-electron chi connectivity index (χ2n) is 6.24. The summed E-state index contributed by atoms with van der Waals surface area (Å²) in [6.07, 6.45) is 1.07. The highest BCUT2D eigenvalue weighted by Crippen LogP contribution is 2.24. The Kier molecular flexibility index (Phi) is 5.01. The van der Waals surface area contributed by atoms with Crippen molar-refractivity contribution in [2.45, 2.75) is 19.6 Å². The van der Waals surface area contributed by atoms with Gasteiger partial charge in [-0.15, -0.1) is 5.10 Å². The van der Waals surface area contributed by atoms with E-state index in [9.17, 15) is 0 Å². The molecule has 0 saturated heterocycles. The molecule has 0 unspecified atom stereocenters. The van der Waals surface area contributed by atoms with Crippen molar-refractivity contribution in [1.29, 1.82) is 0 Å². The van der Waals surface area contributed by atoms with Crippen molar-refractivity contribution in [3.05, 3.63) is 63.6 Å². The fraction of sp³-hybridized carbons (Fsp3) is 0.263. The number of anilines is 2. The highest BCUT2D eigenvalue weighted by Gasteiger charge is 2.17. The number of benzene rings is 2. The molecule has 1 aliphatic rings. The number of hydrogen-bond donors (Lipinski definition) is 1. The molecule has 5 nitrogen and oxygen atoms in total. The van der Waals surface area contributed by atoms with Gasteiger partial charge < -0.3 is 10.1 Å². The highest BCUT2D eigenvalue weighted by molar-refractivity contribution is 7.73. The average Bonchev–Trinajstić information content (AvgIpc) is 3.01. The molecule has 7 heteroatoms. The molecule has 134 valence electrons. The van der Waals surface area contributed by atoms with Crippen LogP contribution in [0.2, 0.25) is 0 Å². The molecule has 0 saturated carbocycles. The van der Waals surface area contributed by atoms with Gasteiger partial charge >= 0.3 is 0 Å². The fourth-order valence-corrected chi connectivity index (χ4v) is 4.12. The van der Waals surface area contributed by atoms with E-state index in [4.69, 9.17) is 17.0 Å². The summed E-state index contributed by atoms with van der Waals surface area (Å²) in [5.74, 6) is 0.832. The number of aromatic nitrogens is 2. The molecule has 1 N–H and O–H groups in total. The van der Waals surface area contributed by atoms with Crippen LogP contribution in [0.25, 0.3) is 0 Å². The van der Waals surface area contributed by atoms with E-state index >= 15 is 0 Å². The maximum absolute atomic E-state index is 5.51. The lowest BCUT2D eigenvalue weighted by atomic mass is 10.0. The average molecular weight is 385 g/mol. The molecule has 4 rings (SSSR count).